The van der Waals surface area contributed by atoms with Crippen molar-refractivity contribution in [2.45, 2.75) is 17.2 Å². The van der Waals surface area contributed by atoms with E-state index in [-0.39, 0.29) is 10.8 Å². The average molecular weight is 406 g/mol. The van der Waals surface area contributed by atoms with Crippen LogP contribution in [-0.2, 0) is 0 Å². The minimum Gasteiger partial charge on any atom is -0.464 e. The highest BCUT2D eigenvalue weighted by atomic mass is 32.2. The smallest absolute Gasteiger partial charge is 0.260 e. The maximum Gasteiger partial charge on any atom is 0.260 e. The van der Waals surface area contributed by atoms with Crippen LogP contribution in [0.4, 0.5) is 0 Å². The Labute approximate surface area is 168 Å². The van der Waals surface area contributed by atoms with Crippen LogP contribution in [0.25, 0.3) is 32.4 Å². The van der Waals surface area contributed by atoms with E-state index in [1.807, 2.05) is 54.8 Å². The first-order chi connectivity index (χ1) is 13.7. The number of benzene rings is 1. The Morgan fingerprint density at radius 1 is 1.11 bits per heavy atom. The number of pyridine rings is 1. The van der Waals surface area contributed by atoms with E-state index in [9.17, 15) is 4.79 Å². The number of H-pyrrole nitrogens is 1. The third-order valence-corrected chi connectivity index (χ3v) is 6.42. The summed E-state index contributed by atoms with van der Waals surface area (Å²) in [5.74, 6) is 1.32. The van der Waals surface area contributed by atoms with Gasteiger partial charge in [0, 0.05) is 16.3 Å². The Bertz CT molecular complexity index is 1340. The van der Waals surface area contributed by atoms with Crippen molar-refractivity contribution >= 4 is 44.2 Å². The molecule has 1 N–H and O–H groups in total. The van der Waals surface area contributed by atoms with E-state index in [0.717, 1.165) is 21.5 Å². The van der Waals surface area contributed by atoms with Crippen molar-refractivity contribution in [1.82, 2.24) is 15.0 Å². The van der Waals surface area contributed by atoms with Crippen molar-refractivity contribution in [3.8, 4) is 11.3 Å². The lowest BCUT2D eigenvalue weighted by molar-refractivity contribution is 0.583. The lowest BCUT2D eigenvalue weighted by Gasteiger charge is -2.10. The van der Waals surface area contributed by atoms with Gasteiger partial charge in [0.1, 0.15) is 16.4 Å². The lowest BCUT2D eigenvalue weighted by atomic mass is 10.2. The number of para-hydroxylation sites is 1. The van der Waals surface area contributed by atoms with Crippen LogP contribution in [-0.4, -0.2) is 15.0 Å². The largest absolute Gasteiger partial charge is 0.464 e. The van der Waals surface area contributed by atoms with E-state index in [1.165, 1.54) is 11.3 Å². The van der Waals surface area contributed by atoms with Crippen molar-refractivity contribution in [2.75, 3.05) is 0 Å². The van der Waals surface area contributed by atoms with Crippen LogP contribution in [0, 0.1) is 0 Å². The number of aromatic amines is 1. The molecule has 0 fully saturated rings. The minimum absolute atomic E-state index is 0.0417. The first-order valence-corrected chi connectivity index (χ1v) is 10.5. The summed E-state index contributed by atoms with van der Waals surface area (Å²) < 4.78 is 5.45. The van der Waals surface area contributed by atoms with E-state index in [1.54, 1.807) is 18.0 Å². The van der Waals surface area contributed by atoms with Gasteiger partial charge in [0.2, 0.25) is 0 Å². The van der Waals surface area contributed by atoms with Crippen LogP contribution in [0.3, 0.4) is 0 Å². The minimum atomic E-state index is -0.147. The molecule has 138 valence electrons. The molecule has 1 atom stereocenters. The molecule has 4 aromatic heterocycles. The van der Waals surface area contributed by atoms with Crippen molar-refractivity contribution in [1.29, 1.82) is 0 Å². The molecule has 0 aliphatic rings. The highest BCUT2D eigenvalue weighted by Gasteiger charge is 2.18. The number of thiophene rings is 1. The van der Waals surface area contributed by atoms with Crippen molar-refractivity contribution in [2.24, 2.45) is 0 Å². The molecular weight excluding hydrogens is 390 g/mol. The van der Waals surface area contributed by atoms with Crippen LogP contribution in [0.1, 0.15) is 18.0 Å². The maximum atomic E-state index is 12.8. The molecule has 0 spiro atoms. The number of nitrogens with zero attached hydrogens (tertiary/aromatic N) is 2. The first-order valence-electron chi connectivity index (χ1n) is 8.77. The molecule has 1 aromatic carbocycles. The fourth-order valence-electron chi connectivity index (χ4n) is 3.12. The van der Waals surface area contributed by atoms with E-state index in [4.69, 9.17) is 14.4 Å². The molecule has 0 saturated heterocycles. The molecular formula is C21H15N3O2S2. The topological polar surface area (TPSA) is 71.8 Å². The van der Waals surface area contributed by atoms with Gasteiger partial charge in [0.15, 0.2) is 0 Å². The van der Waals surface area contributed by atoms with Crippen LogP contribution < -0.4 is 5.56 Å². The Morgan fingerprint density at radius 2 is 2.00 bits per heavy atom. The molecule has 28 heavy (non-hydrogen) atoms. The average Bonchev–Trinajstić information content (AvgIpc) is 3.37. The molecule has 0 aliphatic carbocycles. The molecule has 0 aliphatic heterocycles. The predicted molar refractivity (Wildman–Crippen MR) is 114 cm³/mol. The van der Waals surface area contributed by atoms with Crippen molar-refractivity contribution in [3.05, 3.63) is 76.4 Å². The Morgan fingerprint density at radius 3 is 2.86 bits per heavy atom. The zero-order valence-corrected chi connectivity index (χ0v) is 16.5. The van der Waals surface area contributed by atoms with Gasteiger partial charge in [0.25, 0.3) is 5.56 Å². The second kappa shape index (κ2) is 6.92. The Balaban J connectivity index is 1.49. The molecule has 5 nitrogen and oxygen atoms in total. The maximum absolute atomic E-state index is 12.8. The van der Waals surface area contributed by atoms with Gasteiger partial charge < -0.3 is 9.40 Å². The molecule has 4 heterocycles. The van der Waals surface area contributed by atoms with E-state index >= 15 is 0 Å². The zero-order chi connectivity index (χ0) is 19.1. The van der Waals surface area contributed by atoms with Crippen LogP contribution >= 0.6 is 23.1 Å². The van der Waals surface area contributed by atoms with E-state index < -0.39 is 0 Å². The normalized spacial score (nSPS) is 12.6. The van der Waals surface area contributed by atoms with Gasteiger partial charge >= 0.3 is 0 Å². The molecule has 5 rings (SSSR count). The number of rotatable bonds is 4. The molecule has 0 bridgehead atoms. The molecule has 0 amide bonds. The molecule has 7 heteroatoms. The Kier molecular flexibility index (Phi) is 4.26. The predicted octanol–water partition coefficient (Wildman–Crippen LogP) is 5.65. The fourth-order valence-corrected chi connectivity index (χ4v) is 4.94. The summed E-state index contributed by atoms with van der Waals surface area (Å²) in [7, 11) is 0. The molecule has 1 unspecified atom stereocenters. The number of nitrogens with one attached hydrogen (secondary N) is 1. The SMILES string of the molecule is CC(Sc1ccc2ccccc2n1)c1nc2scc(-c3ccco3)c2c(=O)[nH]1. The quantitative estimate of drug-likeness (QED) is 0.391. The summed E-state index contributed by atoms with van der Waals surface area (Å²) in [6.45, 7) is 2.02. The number of furan rings is 1. The van der Waals surface area contributed by atoms with Gasteiger partial charge in [-0.3, -0.25) is 4.79 Å². The number of aromatic nitrogens is 3. The third kappa shape index (κ3) is 3.02. The highest BCUT2D eigenvalue weighted by molar-refractivity contribution is 7.99. The van der Waals surface area contributed by atoms with Crippen LogP contribution in [0.2, 0.25) is 0 Å². The Hall–Kier alpha value is -2.90. The van der Waals surface area contributed by atoms with Gasteiger partial charge in [-0.25, -0.2) is 9.97 Å². The van der Waals surface area contributed by atoms with Gasteiger partial charge in [-0.1, -0.05) is 36.0 Å². The van der Waals surface area contributed by atoms with Gasteiger partial charge in [-0.05, 0) is 31.2 Å². The fraction of sp³-hybridized carbons (Fsp3) is 0.0952. The van der Waals surface area contributed by atoms with Gasteiger partial charge in [-0.2, -0.15) is 0 Å². The van der Waals surface area contributed by atoms with Gasteiger partial charge in [0.05, 0.1) is 27.4 Å². The summed E-state index contributed by atoms with van der Waals surface area (Å²) in [4.78, 5) is 25.8. The standard InChI is InChI=1S/C21H15N3O2S2/c1-12(28-17-9-8-13-5-2-3-6-15(13)22-17)19-23-20(25)18-14(11-27-21(18)24-19)16-7-4-10-26-16/h2-12H,1H3,(H,23,24,25). The summed E-state index contributed by atoms with van der Waals surface area (Å²) >= 11 is 3.03. The van der Waals surface area contributed by atoms with Crippen molar-refractivity contribution < 1.29 is 4.42 Å². The van der Waals surface area contributed by atoms with E-state index in [2.05, 4.69) is 11.1 Å². The summed E-state index contributed by atoms with van der Waals surface area (Å²) in [6.07, 6.45) is 1.60. The number of fused-ring (bicyclic) bond motifs is 2. The van der Waals surface area contributed by atoms with Crippen LogP contribution in [0.15, 0.2) is 74.4 Å². The summed E-state index contributed by atoms with van der Waals surface area (Å²) in [5.41, 5.74) is 1.59. The number of thioether (sulfide) groups is 1. The molecule has 5 aromatic rings. The van der Waals surface area contributed by atoms with Gasteiger partial charge in [-0.15, -0.1) is 11.3 Å². The number of hydrogen-bond donors (Lipinski definition) is 1. The zero-order valence-electron chi connectivity index (χ0n) is 14.9. The summed E-state index contributed by atoms with van der Waals surface area (Å²) in [6, 6.07) is 15.7. The lowest BCUT2D eigenvalue weighted by Crippen LogP contribution is -2.12. The second-order valence-corrected chi connectivity index (χ2v) is 8.58. The molecule has 0 saturated carbocycles. The van der Waals surface area contributed by atoms with E-state index in [0.29, 0.717) is 21.8 Å². The monoisotopic (exact) mass is 405 g/mol. The third-order valence-electron chi connectivity index (χ3n) is 4.50. The second-order valence-electron chi connectivity index (χ2n) is 6.36. The molecule has 0 radical (unpaired) electrons. The number of hydrogen-bond acceptors (Lipinski definition) is 6. The summed E-state index contributed by atoms with van der Waals surface area (Å²) in [5, 5.41) is 4.45. The van der Waals surface area contributed by atoms with Crippen molar-refractivity contribution in [3.63, 3.8) is 0 Å². The van der Waals surface area contributed by atoms with Crippen LogP contribution in [0.5, 0.6) is 0 Å². The highest BCUT2D eigenvalue weighted by Crippen LogP contribution is 2.35. The first kappa shape index (κ1) is 17.2.